The van der Waals surface area contributed by atoms with Crippen LogP contribution in [0.1, 0.15) is 26.3 Å². The Bertz CT molecular complexity index is 401. The summed E-state index contributed by atoms with van der Waals surface area (Å²) in [5, 5.41) is 0. The smallest absolute Gasteiger partial charge is 0.341 e. The van der Waals surface area contributed by atoms with Gasteiger partial charge in [0.15, 0.2) is 5.60 Å². The number of carbonyl (C=O) groups excluding carboxylic acids is 1. The number of hydrogen-bond donors (Lipinski definition) is 0. The third-order valence-electron chi connectivity index (χ3n) is 3.27. The van der Waals surface area contributed by atoms with Gasteiger partial charge < -0.3 is 9.47 Å². The highest BCUT2D eigenvalue weighted by molar-refractivity contribution is 5.84. The Balaban J connectivity index is 2.23. The molecule has 0 unspecified atom stereocenters. The van der Waals surface area contributed by atoms with Crippen LogP contribution in [0.15, 0.2) is 30.3 Å². The number of benzene rings is 1. The molecule has 0 aromatic heterocycles. The van der Waals surface area contributed by atoms with Crippen LogP contribution in [0.3, 0.4) is 0 Å². The van der Waals surface area contributed by atoms with E-state index in [1.165, 1.54) is 0 Å². The molecule has 0 N–H and O–H groups in total. The average molecular weight is 220 g/mol. The number of ether oxygens (including phenoxy) is 2. The van der Waals surface area contributed by atoms with Crippen LogP contribution in [0.2, 0.25) is 0 Å². The highest BCUT2D eigenvalue weighted by Crippen LogP contribution is 2.55. The molecular formula is C13H16O3. The van der Waals surface area contributed by atoms with E-state index in [0.29, 0.717) is 6.61 Å². The normalized spacial score (nSPS) is 32.2. The van der Waals surface area contributed by atoms with Crippen molar-refractivity contribution < 1.29 is 14.3 Å². The van der Waals surface area contributed by atoms with E-state index in [1.54, 1.807) is 13.8 Å². The van der Waals surface area contributed by atoms with Gasteiger partial charge in [-0.3, -0.25) is 0 Å². The molecule has 1 aromatic carbocycles. The van der Waals surface area contributed by atoms with Crippen LogP contribution in [-0.2, 0) is 19.9 Å². The summed E-state index contributed by atoms with van der Waals surface area (Å²) in [7, 11) is 0. The number of epoxide rings is 1. The lowest BCUT2D eigenvalue weighted by molar-refractivity contribution is -0.148. The van der Waals surface area contributed by atoms with Crippen molar-refractivity contribution >= 4 is 5.97 Å². The van der Waals surface area contributed by atoms with Crippen LogP contribution in [0.25, 0.3) is 0 Å². The molecule has 0 radical (unpaired) electrons. The largest absolute Gasteiger partial charge is 0.464 e. The Labute approximate surface area is 95.4 Å². The lowest BCUT2D eigenvalue weighted by Crippen LogP contribution is -2.30. The lowest BCUT2D eigenvalue weighted by Gasteiger charge is -2.11. The van der Waals surface area contributed by atoms with Crippen LogP contribution in [-0.4, -0.2) is 18.2 Å². The zero-order valence-electron chi connectivity index (χ0n) is 9.82. The Kier molecular flexibility index (Phi) is 2.50. The minimum atomic E-state index is -0.843. The first-order chi connectivity index (χ1) is 7.54. The van der Waals surface area contributed by atoms with E-state index in [1.807, 2.05) is 37.3 Å². The topological polar surface area (TPSA) is 38.8 Å². The van der Waals surface area contributed by atoms with Gasteiger partial charge in [-0.1, -0.05) is 30.3 Å². The van der Waals surface area contributed by atoms with E-state index in [4.69, 9.17) is 9.47 Å². The first-order valence-corrected chi connectivity index (χ1v) is 5.47. The van der Waals surface area contributed by atoms with Crippen LogP contribution in [0, 0.1) is 0 Å². The van der Waals surface area contributed by atoms with Gasteiger partial charge >= 0.3 is 5.97 Å². The highest BCUT2D eigenvalue weighted by atomic mass is 16.7. The van der Waals surface area contributed by atoms with Gasteiger partial charge in [0.1, 0.15) is 5.60 Å². The van der Waals surface area contributed by atoms with Gasteiger partial charge in [-0.2, -0.15) is 0 Å². The molecule has 1 fully saturated rings. The number of carbonyl (C=O) groups is 1. The van der Waals surface area contributed by atoms with Crippen LogP contribution < -0.4 is 0 Å². The zero-order chi connectivity index (χ0) is 11.8. The van der Waals surface area contributed by atoms with Crippen molar-refractivity contribution in [1.29, 1.82) is 0 Å². The SMILES string of the molecule is CCOC(=O)[C@@]1(C)O[C@]1(C)c1ccccc1. The minimum Gasteiger partial charge on any atom is -0.464 e. The summed E-state index contributed by atoms with van der Waals surface area (Å²) in [6, 6.07) is 9.74. The van der Waals surface area contributed by atoms with E-state index >= 15 is 0 Å². The summed E-state index contributed by atoms with van der Waals surface area (Å²) in [5.41, 5.74) is -0.393. The van der Waals surface area contributed by atoms with E-state index in [-0.39, 0.29) is 5.97 Å². The molecule has 0 spiro atoms. The first kappa shape index (κ1) is 11.1. The number of esters is 1. The van der Waals surface area contributed by atoms with E-state index in [0.717, 1.165) is 5.56 Å². The summed E-state index contributed by atoms with van der Waals surface area (Å²) >= 11 is 0. The van der Waals surface area contributed by atoms with E-state index in [9.17, 15) is 4.79 Å². The quantitative estimate of drug-likeness (QED) is 0.579. The van der Waals surface area contributed by atoms with Crippen molar-refractivity contribution in [2.75, 3.05) is 6.61 Å². The molecule has 1 saturated heterocycles. The molecule has 86 valence electrons. The van der Waals surface area contributed by atoms with E-state index in [2.05, 4.69) is 0 Å². The van der Waals surface area contributed by atoms with Gasteiger partial charge in [-0.25, -0.2) is 4.79 Å². The molecule has 0 bridgehead atoms. The Hall–Kier alpha value is -1.35. The molecule has 2 atom stereocenters. The van der Waals surface area contributed by atoms with Gasteiger partial charge in [-0.05, 0) is 26.3 Å². The zero-order valence-corrected chi connectivity index (χ0v) is 9.82. The molecule has 0 aliphatic carbocycles. The van der Waals surface area contributed by atoms with Crippen molar-refractivity contribution in [2.45, 2.75) is 32.0 Å². The fourth-order valence-electron chi connectivity index (χ4n) is 1.98. The molecule has 16 heavy (non-hydrogen) atoms. The first-order valence-electron chi connectivity index (χ1n) is 5.47. The Morgan fingerprint density at radius 1 is 1.31 bits per heavy atom. The maximum absolute atomic E-state index is 11.8. The number of rotatable bonds is 3. The van der Waals surface area contributed by atoms with Crippen molar-refractivity contribution in [3.8, 4) is 0 Å². The summed E-state index contributed by atoms with van der Waals surface area (Å²) < 4.78 is 10.6. The molecule has 0 saturated carbocycles. The average Bonchev–Trinajstić information content (AvgIpc) is 2.87. The maximum atomic E-state index is 11.8. The fourth-order valence-corrected chi connectivity index (χ4v) is 1.98. The maximum Gasteiger partial charge on any atom is 0.341 e. The fraction of sp³-hybridized carbons (Fsp3) is 0.462. The van der Waals surface area contributed by atoms with Crippen LogP contribution in [0.4, 0.5) is 0 Å². The van der Waals surface area contributed by atoms with Gasteiger partial charge in [0.05, 0.1) is 6.61 Å². The predicted octanol–water partition coefficient (Wildman–Crippen LogP) is 2.25. The third-order valence-corrected chi connectivity index (χ3v) is 3.27. The van der Waals surface area contributed by atoms with Gasteiger partial charge in [0.25, 0.3) is 0 Å². The summed E-state index contributed by atoms with van der Waals surface area (Å²) in [6.45, 7) is 5.86. The van der Waals surface area contributed by atoms with Crippen molar-refractivity contribution in [1.82, 2.24) is 0 Å². The Morgan fingerprint density at radius 2 is 1.94 bits per heavy atom. The molecule has 3 nitrogen and oxygen atoms in total. The van der Waals surface area contributed by atoms with E-state index < -0.39 is 11.2 Å². The summed E-state index contributed by atoms with van der Waals surface area (Å²) in [5.74, 6) is -0.290. The van der Waals surface area contributed by atoms with Crippen molar-refractivity contribution in [3.05, 3.63) is 35.9 Å². The monoisotopic (exact) mass is 220 g/mol. The second-order valence-electron chi connectivity index (χ2n) is 4.26. The van der Waals surface area contributed by atoms with Crippen LogP contribution in [0.5, 0.6) is 0 Å². The second-order valence-corrected chi connectivity index (χ2v) is 4.26. The molecular weight excluding hydrogens is 204 g/mol. The summed E-state index contributed by atoms with van der Waals surface area (Å²) in [4.78, 5) is 11.8. The molecule has 1 aliphatic rings. The van der Waals surface area contributed by atoms with Crippen molar-refractivity contribution in [3.63, 3.8) is 0 Å². The van der Waals surface area contributed by atoms with Gasteiger partial charge in [0, 0.05) is 0 Å². The van der Waals surface area contributed by atoms with Crippen molar-refractivity contribution in [2.24, 2.45) is 0 Å². The lowest BCUT2D eigenvalue weighted by atomic mass is 9.89. The van der Waals surface area contributed by atoms with Crippen LogP contribution >= 0.6 is 0 Å². The molecule has 1 aromatic rings. The Morgan fingerprint density at radius 3 is 2.50 bits per heavy atom. The summed E-state index contributed by atoms with van der Waals surface area (Å²) in [6.07, 6.45) is 0. The standard InChI is InChI=1S/C13H16O3/c1-4-15-11(14)13(3)12(2,16-13)10-8-6-5-7-9-10/h5-9H,4H2,1-3H3/t12-,13-/m1/s1. The molecule has 0 amide bonds. The number of hydrogen-bond acceptors (Lipinski definition) is 3. The second kappa shape index (κ2) is 3.59. The third kappa shape index (κ3) is 1.43. The minimum absolute atomic E-state index is 0.290. The molecule has 3 heteroatoms. The molecule has 1 aliphatic heterocycles. The molecule has 2 rings (SSSR count). The predicted molar refractivity (Wildman–Crippen MR) is 59.9 cm³/mol. The highest BCUT2D eigenvalue weighted by Gasteiger charge is 2.70. The molecule has 1 heterocycles. The van der Waals surface area contributed by atoms with Gasteiger partial charge in [0.2, 0.25) is 0 Å². The van der Waals surface area contributed by atoms with Gasteiger partial charge in [-0.15, -0.1) is 0 Å².